The van der Waals surface area contributed by atoms with E-state index in [4.69, 9.17) is 16.3 Å². The Morgan fingerprint density at radius 3 is 3.19 bits per heavy atom. The maximum atomic E-state index is 10.7. The fourth-order valence-electron chi connectivity index (χ4n) is 3.63. The van der Waals surface area contributed by atoms with E-state index < -0.39 is 5.60 Å². The molecule has 2 aliphatic rings. The lowest BCUT2D eigenvalue weighted by molar-refractivity contribution is -0.123. The van der Waals surface area contributed by atoms with Crippen molar-refractivity contribution >= 4 is 11.6 Å². The second-order valence-corrected chi connectivity index (χ2v) is 6.84. The van der Waals surface area contributed by atoms with Crippen molar-refractivity contribution in [2.45, 2.75) is 44.4 Å². The summed E-state index contributed by atoms with van der Waals surface area (Å²) in [6.07, 6.45) is 6.48. The quantitative estimate of drug-likeness (QED) is 0.931. The topological polar surface area (TPSA) is 45.6 Å². The maximum Gasteiger partial charge on any atom is 0.0706 e. The number of halogens is 1. The molecular weight excluding hydrogens is 288 g/mol. The lowest BCUT2D eigenvalue weighted by Gasteiger charge is -2.43. The van der Waals surface area contributed by atoms with Crippen LogP contribution in [0.5, 0.6) is 0 Å². The summed E-state index contributed by atoms with van der Waals surface area (Å²) in [7, 11) is 0. The molecule has 2 fully saturated rings. The van der Waals surface area contributed by atoms with Gasteiger partial charge in [-0.15, -0.1) is 0 Å². The van der Waals surface area contributed by atoms with Crippen molar-refractivity contribution < 1.29 is 9.84 Å². The molecule has 1 aromatic rings. The number of ether oxygens (including phenoxy) is 1. The molecule has 0 unspecified atom stereocenters. The van der Waals surface area contributed by atoms with E-state index in [1.165, 1.54) is 6.42 Å². The van der Waals surface area contributed by atoms with E-state index in [2.05, 4.69) is 9.88 Å². The van der Waals surface area contributed by atoms with Crippen LogP contribution in [0.1, 0.15) is 31.7 Å². The minimum atomic E-state index is -0.631. The van der Waals surface area contributed by atoms with Crippen LogP contribution >= 0.6 is 11.6 Å². The van der Waals surface area contributed by atoms with Crippen LogP contribution in [0.4, 0.5) is 0 Å². The fourth-order valence-corrected chi connectivity index (χ4v) is 3.81. The summed E-state index contributed by atoms with van der Waals surface area (Å²) in [4.78, 5) is 6.48. The number of pyridine rings is 1. The summed E-state index contributed by atoms with van der Waals surface area (Å²) in [5, 5.41) is 11.4. The lowest BCUT2D eigenvalue weighted by atomic mass is 9.79. The monoisotopic (exact) mass is 310 g/mol. The molecule has 3 rings (SSSR count). The Hall–Kier alpha value is -0.680. The van der Waals surface area contributed by atoms with Gasteiger partial charge in [-0.1, -0.05) is 11.6 Å². The molecule has 0 bridgehead atoms. The molecule has 0 amide bonds. The number of aromatic nitrogens is 1. The highest BCUT2D eigenvalue weighted by Gasteiger charge is 2.43. The molecule has 0 saturated carbocycles. The molecule has 1 N–H and O–H groups in total. The van der Waals surface area contributed by atoms with E-state index in [-0.39, 0.29) is 5.92 Å². The van der Waals surface area contributed by atoms with Crippen LogP contribution in [0.15, 0.2) is 18.5 Å². The Labute approximate surface area is 131 Å². The van der Waals surface area contributed by atoms with E-state index >= 15 is 0 Å². The van der Waals surface area contributed by atoms with Gasteiger partial charge in [0.15, 0.2) is 0 Å². The minimum Gasteiger partial charge on any atom is -0.390 e. The lowest BCUT2D eigenvalue weighted by Crippen LogP contribution is -2.52. The van der Waals surface area contributed by atoms with Gasteiger partial charge in [0.1, 0.15) is 0 Å². The fraction of sp³-hybridized carbons (Fsp3) is 0.688. The average molecular weight is 311 g/mol. The van der Waals surface area contributed by atoms with Gasteiger partial charge >= 0.3 is 0 Å². The minimum absolute atomic E-state index is 0.175. The first-order valence-electron chi connectivity index (χ1n) is 7.70. The first-order valence-corrected chi connectivity index (χ1v) is 8.08. The molecule has 21 heavy (non-hydrogen) atoms. The van der Waals surface area contributed by atoms with Crippen molar-refractivity contribution in [3.8, 4) is 0 Å². The van der Waals surface area contributed by atoms with Gasteiger partial charge in [0, 0.05) is 37.5 Å². The molecule has 0 aliphatic carbocycles. The molecule has 2 saturated heterocycles. The maximum absolute atomic E-state index is 10.7. The first-order chi connectivity index (χ1) is 10.1. The highest BCUT2D eigenvalue weighted by atomic mass is 35.5. The second kappa shape index (κ2) is 6.21. The Balaban J connectivity index is 1.75. The summed E-state index contributed by atoms with van der Waals surface area (Å²) in [5.41, 5.74) is 0.475. The molecule has 3 atom stereocenters. The Kier molecular flexibility index (Phi) is 4.50. The number of likely N-dealkylation sites (tertiary alicyclic amines) is 1. The third-order valence-electron chi connectivity index (χ3n) is 4.96. The van der Waals surface area contributed by atoms with Crippen LogP contribution in [0.25, 0.3) is 0 Å². The number of aliphatic hydroxyl groups is 1. The van der Waals surface area contributed by atoms with Crippen molar-refractivity contribution in [1.29, 1.82) is 0 Å². The van der Waals surface area contributed by atoms with E-state index in [0.717, 1.165) is 36.5 Å². The predicted molar refractivity (Wildman–Crippen MR) is 82.2 cm³/mol. The average Bonchev–Trinajstić information content (AvgIpc) is 2.89. The smallest absolute Gasteiger partial charge is 0.0706 e. The molecular formula is C16H23ClN2O2. The Bertz CT molecular complexity index is 495. The van der Waals surface area contributed by atoms with Gasteiger partial charge in [-0.2, -0.15) is 0 Å². The third-order valence-corrected chi connectivity index (χ3v) is 5.30. The first kappa shape index (κ1) is 15.2. The van der Waals surface area contributed by atoms with E-state index in [9.17, 15) is 5.11 Å². The number of hydrogen-bond acceptors (Lipinski definition) is 4. The van der Waals surface area contributed by atoms with Gasteiger partial charge in [0.05, 0.1) is 17.2 Å². The summed E-state index contributed by atoms with van der Waals surface area (Å²) in [6, 6.07) is 2.34. The highest BCUT2D eigenvalue weighted by molar-refractivity contribution is 6.31. The molecule has 0 spiro atoms. The van der Waals surface area contributed by atoms with Crippen molar-refractivity contribution in [3.05, 3.63) is 29.0 Å². The van der Waals surface area contributed by atoms with Gasteiger partial charge < -0.3 is 9.84 Å². The SMILES string of the molecule is C[C@]1(O)CCOC[C@@H]1[C@H]1CCCN1Cc1ccncc1Cl. The summed E-state index contributed by atoms with van der Waals surface area (Å²) in [5.74, 6) is 0.175. The standard InChI is InChI=1S/C16H23ClN2O2/c1-16(20)5-8-21-11-13(16)15-3-2-7-19(15)10-12-4-6-18-9-14(12)17/h4,6,9,13,15,20H,2-3,5,7-8,10-11H2,1H3/t13-,15-,16+/m1/s1. The van der Waals surface area contributed by atoms with E-state index in [0.29, 0.717) is 19.3 Å². The summed E-state index contributed by atoms with van der Waals surface area (Å²) < 4.78 is 5.63. The van der Waals surface area contributed by atoms with Gasteiger partial charge in [0.2, 0.25) is 0 Å². The van der Waals surface area contributed by atoms with Crippen LogP contribution in [0, 0.1) is 5.92 Å². The van der Waals surface area contributed by atoms with Gasteiger partial charge in [0.25, 0.3) is 0 Å². The zero-order valence-corrected chi connectivity index (χ0v) is 13.2. The molecule has 0 radical (unpaired) electrons. The van der Waals surface area contributed by atoms with Crippen LogP contribution in [0.3, 0.4) is 0 Å². The van der Waals surface area contributed by atoms with E-state index in [1.54, 1.807) is 12.4 Å². The number of hydrogen-bond donors (Lipinski definition) is 1. The second-order valence-electron chi connectivity index (χ2n) is 6.44. The van der Waals surface area contributed by atoms with Crippen molar-refractivity contribution in [1.82, 2.24) is 9.88 Å². The molecule has 116 valence electrons. The number of rotatable bonds is 3. The molecule has 0 aromatic carbocycles. The van der Waals surface area contributed by atoms with Crippen LogP contribution in [-0.2, 0) is 11.3 Å². The van der Waals surface area contributed by atoms with Crippen molar-refractivity contribution in [2.75, 3.05) is 19.8 Å². The third kappa shape index (κ3) is 3.24. The summed E-state index contributed by atoms with van der Waals surface area (Å²) in [6.45, 7) is 5.13. The molecule has 4 nitrogen and oxygen atoms in total. The predicted octanol–water partition coefficient (Wildman–Crippen LogP) is 2.49. The molecule has 3 heterocycles. The largest absolute Gasteiger partial charge is 0.390 e. The van der Waals surface area contributed by atoms with Crippen LogP contribution in [-0.4, -0.2) is 46.4 Å². The van der Waals surface area contributed by atoms with Gasteiger partial charge in [-0.3, -0.25) is 9.88 Å². The van der Waals surface area contributed by atoms with Crippen molar-refractivity contribution in [3.63, 3.8) is 0 Å². The van der Waals surface area contributed by atoms with Crippen LogP contribution < -0.4 is 0 Å². The van der Waals surface area contributed by atoms with Gasteiger partial charge in [-0.25, -0.2) is 0 Å². The van der Waals surface area contributed by atoms with Crippen molar-refractivity contribution in [2.24, 2.45) is 5.92 Å². The molecule has 5 heteroatoms. The number of nitrogens with zero attached hydrogens (tertiary/aromatic N) is 2. The Morgan fingerprint density at radius 2 is 2.43 bits per heavy atom. The van der Waals surface area contributed by atoms with Crippen LogP contribution in [0.2, 0.25) is 5.02 Å². The Morgan fingerprint density at radius 1 is 1.57 bits per heavy atom. The zero-order valence-electron chi connectivity index (χ0n) is 12.5. The highest BCUT2D eigenvalue weighted by Crippen LogP contribution is 2.36. The van der Waals surface area contributed by atoms with Gasteiger partial charge in [-0.05, 0) is 44.4 Å². The molecule has 1 aromatic heterocycles. The van der Waals surface area contributed by atoms with E-state index in [1.807, 2.05) is 13.0 Å². The summed E-state index contributed by atoms with van der Waals surface area (Å²) >= 11 is 6.23. The molecule has 2 aliphatic heterocycles. The zero-order chi connectivity index (χ0) is 14.9. The normalized spacial score (nSPS) is 34.2.